The number of hydrogen-bond donors (Lipinski definition) is 1. The lowest BCUT2D eigenvalue weighted by molar-refractivity contribution is 0.00167. The van der Waals surface area contributed by atoms with Crippen LogP contribution in [0.4, 0.5) is 0 Å². The lowest BCUT2D eigenvalue weighted by Gasteiger charge is -2.42. The molecule has 0 N–H and O–H groups in total. The summed E-state index contributed by atoms with van der Waals surface area (Å²) in [6.07, 6.45) is 7.83. The summed E-state index contributed by atoms with van der Waals surface area (Å²) in [5.41, 5.74) is -1.42. The Hall–Kier alpha value is 0.920. The molecular formula is C20H35O2PS2. The first kappa shape index (κ1) is 19.2. The molecule has 0 heterocycles. The third-order valence-corrected chi connectivity index (χ3v) is 12.1. The van der Waals surface area contributed by atoms with Gasteiger partial charge in [-0.05, 0) is 83.8 Å². The van der Waals surface area contributed by atoms with Crippen LogP contribution in [-0.2, 0) is 20.9 Å². The first-order valence-electron chi connectivity index (χ1n) is 10.0. The van der Waals surface area contributed by atoms with E-state index in [1.807, 2.05) is 0 Å². The van der Waals surface area contributed by atoms with Gasteiger partial charge in [-0.3, -0.25) is 0 Å². The quantitative estimate of drug-likeness (QED) is 0.422. The summed E-state index contributed by atoms with van der Waals surface area (Å²) in [4.78, 5) is 0. The third kappa shape index (κ3) is 2.46. The molecule has 0 saturated heterocycles. The molecule has 5 heteroatoms. The monoisotopic (exact) mass is 402 g/mol. The first-order chi connectivity index (χ1) is 11.3. The molecule has 144 valence electrons. The lowest BCUT2D eigenvalue weighted by Crippen LogP contribution is -2.38. The minimum atomic E-state index is -2.52. The highest BCUT2D eigenvalue weighted by Crippen LogP contribution is 2.73. The second-order valence-electron chi connectivity index (χ2n) is 10.9. The molecule has 4 saturated carbocycles. The van der Waals surface area contributed by atoms with Gasteiger partial charge in [0.25, 0.3) is 0 Å². The Labute approximate surface area is 164 Å². The fraction of sp³-hybridized carbons (Fsp3) is 1.00. The molecule has 2 nitrogen and oxygen atoms in total. The lowest BCUT2D eigenvalue weighted by atomic mass is 9.70. The molecule has 0 aliphatic heterocycles. The van der Waals surface area contributed by atoms with E-state index in [0.717, 1.165) is 24.7 Å². The van der Waals surface area contributed by atoms with Gasteiger partial charge in [0.05, 0.1) is 12.2 Å². The van der Waals surface area contributed by atoms with Crippen LogP contribution in [0, 0.1) is 33.5 Å². The maximum atomic E-state index is 6.52. The van der Waals surface area contributed by atoms with Gasteiger partial charge in [-0.15, -0.1) is 0 Å². The molecule has 0 spiro atoms. The van der Waals surface area contributed by atoms with Crippen LogP contribution in [0.5, 0.6) is 0 Å². The summed E-state index contributed by atoms with van der Waals surface area (Å²) in [7, 11) is 0. The molecule has 0 radical (unpaired) electrons. The van der Waals surface area contributed by atoms with Gasteiger partial charge in [-0.25, -0.2) is 0 Å². The van der Waals surface area contributed by atoms with Crippen molar-refractivity contribution < 1.29 is 9.05 Å². The van der Waals surface area contributed by atoms with Gasteiger partial charge in [0.1, 0.15) is 0 Å². The van der Waals surface area contributed by atoms with Crippen molar-refractivity contribution in [3.63, 3.8) is 0 Å². The van der Waals surface area contributed by atoms with E-state index in [9.17, 15) is 0 Å². The molecule has 0 aromatic rings. The van der Waals surface area contributed by atoms with Crippen LogP contribution in [0.1, 0.15) is 80.1 Å². The first-order valence-corrected chi connectivity index (χ1v) is 13.8. The molecule has 6 atom stereocenters. The minimum absolute atomic E-state index is 0.212. The zero-order valence-electron chi connectivity index (χ0n) is 16.7. The van der Waals surface area contributed by atoms with Crippen molar-refractivity contribution in [2.45, 2.75) is 92.3 Å². The minimum Gasteiger partial charge on any atom is -0.318 e. The molecule has 4 rings (SSSR count). The fourth-order valence-corrected chi connectivity index (χ4v) is 9.56. The van der Waals surface area contributed by atoms with Crippen LogP contribution in [0.3, 0.4) is 0 Å². The SMILES string of the molecule is CC1(C)[C@H]2CC[C@@]1(C)[C@@H](OP(=S)(S)O[C@H]1C[C@@H]3CC[C@]1(C)C3(C)C)C2. The van der Waals surface area contributed by atoms with Crippen LogP contribution >= 0.6 is 17.9 Å². The van der Waals surface area contributed by atoms with Gasteiger partial charge in [-0.2, -0.15) is 0 Å². The number of fused-ring (bicyclic) bond motifs is 4. The number of rotatable bonds is 4. The van der Waals surface area contributed by atoms with Crippen LogP contribution in [0.15, 0.2) is 0 Å². The average molecular weight is 403 g/mol. The maximum absolute atomic E-state index is 6.52. The van der Waals surface area contributed by atoms with Gasteiger partial charge < -0.3 is 9.05 Å². The van der Waals surface area contributed by atoms with Crippen molar-refractivity contribution >= 4 is 29.7 Å². The van der Waals surface area contributed by atoms with Crippen molar-refractivity contribution in [3.8, 4) is 0 Å². The molecule has 4 aliphatic carbocycles. The van der Waals surface area contributed by atoms with Gasteiger partial charge in [0.15, 0.2) is 0 Å². The second-order valence-corrected chi connectivity index (χ2v) is 16.1. The smallest absolute Gasteiger partial charge is 0.244 e. The Kier molecular flexibility index (Phi) is 4.23. The van der Waals surface area contributed by atoms with Crippen LogP contribution < -0.4 is 0 Å². The number of hydrogen-bond acceptors (Lipinski definition) is 3. The van der Waals surface area contributed by atoms with E-state index >= 15 is 0 Å². The van der Waals surface area contributed by atoms with Gasteiger partial charge in [0, 0.05) is 0 Å². The van der Waals surface area contributed by atoms with E-state index < -0.39 is 5.69 Å². The predicted octanol–water partition coefficient (Wildman–Crippen LogP) is 6.60. The van der Waals surface area contributed by atoms with E-state index in [1.165, 1.54) is 25.7 Å². The summed E-state index contributed by atoms with van der Waals surface area (Å²) >= 11 is 10.6. The number of thiol groups is 1. The summed E-state index contributed by atoms with van der Waals surface area (Å²) in [5.74, 6) is 1.51. The fourth-order valence-electron chi connectivity index (χ4n) is 6.93. The topological polar surface area (TPSA) is 18.5 Å². The predicted molar refractivity (Wildman–Crippen MR) is 111 cm³/mol. The van der Waals surface area contributed by atoms with Crippen molar-refractivity contribution in [2.24, 2.45) is 33.5 Å². The molecule has 0 unspecified atom stereocenters. The summed E-state index contributed by atoms with van der Waals surface area (Å²) in [6, 6.07) is 0. The zero-order valence-corrected chi connectivity index (χ0v) is 19.3. The second kappa shape index (κ2) is 5.50. The van der Waals surface area contributed by atoms with Gasteiger partial charge in [0.2, 0.25) is 5.69 Å². The standard InChI is InChI=1S/C20H35O2PS2/c1-17(2)13-7-9-19(17,5)15(11-13)21-23(24,25)22-16-12-14-8-10-20(16,6)18(14,3)4/h13-16H,7-12H2,1-6H3,(H,24,25)/t13-,14-,15-,16-,19-,20-/m0/s1. The Morgan fingerprint density at radius 2 is 1.16 bits per heavy atom. The molecule has 4 bridgehead atoms. The molecular weight excluding hydrogens is 367 g/mol. The van der Waals surface area contributed by atoms with Crippen LogP contribution in [0.25, 0.3) is 0 Å². The highest BCUT2D eigenvalue weighted by Gasteiger charge is 2.64. The molecule has 4 aliphatic rings. The summed E-state index contributed by atoms with van der Waals surface area (Å²) < 4.78 is 13.0. The highest BCUT2D eigenvalue weighted by atomic mass is 32.9. The maximum Gasteiger partial charge on any atom is 0.244 e. The van der Waals surface area contributed by atoms with Crippen LogP contribution in [0.2, 0.25) is 0 Å². The molecule has 0 amide bonds. The van der Waals surface area contributed by atoms with Crippen molar-refractivity contribution in [1.82, 2.24) is 0 Å². The van der Waals surface area contributed by atoms with E-state index in [0.29, 0.717) is 10.8 Å². The van der Waals surface area contributed by atoms with Crippen molar-refractivity contribution in [3.05, 3.63) is 0 Å². The van der Waals surface area contributed by atoms with E-state index in [-0.39, 0.29) is 23.0 Å². The molecule has 0 aromatic carbocycles. The van der Waals surface area contributed by atoms with E-state index in [4.69, 9.17) is 33.1 Å². The molecule has 25 heavy (non-hydrogen) atoms. The Balaban J connectivity index is 1.49. The van der Waals surface area contributed by atoms with Crippen molar-refractivity contribution in [1.29, 1.82) is 0 Å². The third-order valence-electron chi connectivity index (χ3n) is 9.95. The average Bonchev–Trinajstić information content (AvgIpc) is 2.98. The van der Waals surface area contributed by atoms with E-state index in [1.54, 1.807) is 0 Å². The Morgan fingerprint density at radius 3 is 1.40 bits per heavy atom. The molecule has 0 aromatic heterocycles. The Morgan fingerprint density at radius 1 is 0.800 bits per heavy atom. The largest absolute Gasteiger partial charge is 0.318 e. The Bertz CT molecular complexity index is 583. The summed E-state index contributed by atoms with van der Waals surface area (Å²) in [6.45, 7) is 14.4. The van der Waals surface area contributed by atoms with Crippen molar-refractivity contribution in [2.75, 3.05) is 0 Å². The van der Waals surface area contributed by atoms with Crippen LogP contribution in [-0.4, -0.2) is 12.2 Å². The van der Waals surface area contributed by atoms with E-state index in [2.05, 4.69) is 41.5 Å². The summed E-state index contributed by atoms with van der Waals surface area (Å²) in [5, 5.41) is 0. The van der Waals surface area contributed by atoms with Gasteiger partial charge >= 0.3 is 0 Å². The zero-order chi connectivity index (χ0) is 18.5. The normalized spacial score (nSPS) is 49.9. The highest BCUT2D eigenvalue weighted by molar-refractivity contribution is 8.60. The van der Waals surface area contributed by atoms with Gasteiger partial charge in [-0.1, -0.05) is 53.8 Å². The molecule has 4 fully saturated rings.